The van der Waals surface area contributed by atoms with Crippen molar-refractivity contribution in [3.05, 3.63) is 30.6 Å². The second-order valence-electron chi connectivity index (χ2n) is 3.93. The average Bonchev–Trinajstić information content (AvgIpc) is 2.89. The van der Waals surface area contributed by atoms with Gasteiger partial charge in [-0.25, -0.2) is 4.98 Å². The fourth-order valence-electron chi connectivity index (χ4n) is 1.64. The van der Waals surface area contributed by atoms with Crippen molar-refractivity contribution in [3.8, 4) is 0 Å². The van der Waals surface area contributed by atoms with Crippen LogP contribution in [0.25, 0.3) is 11.0 Å². The summed E-state index contributed by atoms with van der Waals surface area (Å²) >= 11 is 0. The zero-order valence-electron chi connectivity index (χ0n) is 10.9. The minimum atomic E-state index is 0.0694. The Labute approximate surface area is 112 Å². The van der Waals surface area contributed by atoms with Crippen LogP contribution in [0.15, 0.2) is 30.6 Å². The van der Waals surface area contributed by atoms with E-state index in [1.807, 2.05) is 24.3 Å². The van der Waals surface area contributed by atoms with E-state index >= 15 is 0 Å². The average molecular weight is 267 g/mol. The van der Waals surface area contributed by atoms with E-state index in [0.29, 0.717) is 19.6 Å². The van der Waals surface area contributed by atoms with Crippen molar-refractivity contribution < 1.29 is 15.3 Å². The predicted molar refractivity (Wildman–Crippen MR) is 73.8 cm³/mol. The van der Waals surface area contributed by atoms with Gasteiger partial charge in [0.15, 0.2) is 0 Å². The van der Waals surface area contributed by atoms with E-state index in [9.17, 15) is 0 Å². The number of para-hydroxylation sites is 2. The zero-order valence-corrected chi connectivity index (χ0v) is 10.9. The van der Waals surface area contributed by atoms with Crippen molar-refractivity contribution >= 4 is 11.0 Å². The number of aliphatic hydroxyl groups is 3. The number of nitrogens with zero attached hydrogens (tertiary/aromatic N) is 2. The van der Waals surface area contributed by atoms with Gasteiger partial charge in [-0.1, -0.05) is 12.1 Å². The third-order valence-electron chi connectivity index (χ3n) is 2.58. The third-order valence-corrected chi connectivity index (χ3v) is 2.58. The van der Waals surface area contributed by atoms with Crippen LogP contribution in [0, 0.1) is 0 Å². The van der Waals surface area contributed by atoms with E-state index in [1.54, 1.807) is 11.2 Å². The fraction of sp³-hybridized carbons (Fsp3) is 0.462. The summed E-state index contributed by atoms with van der Waals surface area (Å²) in [6.45, 7) is 1.75. The second kappa shape index (κ2) is 9.46. The molecule has 0 radical (unpaired) electrons. The van der Waals surface area contributed by atoms with Gasteiger partial charge < -0.3 is 20.3 Å². The maximum absolute atomic E-state index is 8.48. The maximum atomic E-state index is 8.48. The van der Waals surface area contributed by atoms with E-state index < -0.39 is 0 Å². The largest absolute Gasteiger partial charge is 0.395 e. The summed E-state index contributed by atoms with van der Waals surface area (Å²) in [4.78, 5) is 8.86. The summed E-state index contributed by atoms with van der Waals surface area (Å²) in [6.07, 6.45) is 1.70. The number of aromatic nitrogens is 2. The lowest BCUT2D eigenvalue weighted by molar-refractivity contribution is 0.136. The highest BCUT2D eigenvalue weighted by atomic mass is 16.3. The van der Waals surface area contributed by atoms with E-state index in [1.165, 1.54) is 0 Å². The van der Waals surface area contributed by atoms with Crippen LogP contribution < -0.4 is 0 Å². The molecule has 2 aromatic rings. The molecule has 0 atom stereocenters. The van der Waals surface area contributed by atoms with Gasteiger partial charge in [0.2, 0.25) is 0 Å². The molecule has 1 aromatic heterocycles. The van der Waals surface area contributed by atoms with Gasteiger partial charge in [0, 0.05) is 19.6 Å². The number of nitrogens with one attached hydrogen (secondary N) is 1. The molecule has 0 unspecified atom stereocenters. The van der Waals surface area contributed by atoms with Crippen LogP contribution in [0.3, 0.4) is 0 Å². The first-order chi connectivity index (χ1) is 9.31. The van der Waals surface area contributed by atoms with Gasteiger partial charge in [0.05, 0.1) is 37.2 Å². The molecule has 0 fully saturated rings. The zero-order chi connectivity index (χ0) is 13.9. The van der Waals surface area contributed by atoms with Crippen molar-refractivity contribution in [1.82, 2.24) is 14.9 Å². The Morgan fingerprint density at radius 1 is 0.947 bits per heavy atom. The summed E-state index contributed by atoms with van der Waals surface area (Å²) in [5.74, 6) is 0. The second-order valence-corrected chi connectivity index (χ2v) is 3.93. The first kappa shape index (κ1) is 15.6. The number of hydrogen-bond donors (Lipinski definition) is 4. The maximum Gasteiger partial charge on any atom is 0.0931 e. The number of fused-ring (bicyclic) bond motifs is 1. The number of rotatable bonds is 6. The highest BCUT2D eigenvalue weighted by Crippen LogP contribution is 2.05. The quantitative estimate of drug-likeness (QED) is 0.583. The number of aromatic amines is 1. The fourth-order valence-corrected chi connectivity index (χ4v) is 1.64. The first-order valence-electron chi connectivity index (χ1n) is 6.25. The molecule has 0 aliphatic rings. The molecular formula is C13H21N3O3. The van der Waals surface area contributed by atoms with Gasteiger partial charge in [0.25, 0.3) is 0 Å². The van der Waals surface area contributed by atoms with Gasteiger partial charge in [0.1, 0.15) is 0 Å². The Kier molecular flexibility index (Phi) is 7.76. The number of aliphatic hydroxyl groups excluding tert-OH is 3. The number of H-pyrrole nitrogens is 1. The molecule has 6 nitrogen and oxygen atoms in total. The molecule has 106 valence electrons. The highest BCUT2D eigenvalue weighted by molar-refractivity contribution is 5.73. The molecule has 0 saturated heterocycles. The van der Waals surface area contributed by atoms with Crippen LogP contribution in [0.1, 0.15) is 0 Å². The van der Waals surface area contributed by atoms with Crippen LogP contribution >= 0.6 is 0 Å². The molecule has 2 rings (SSSR count). The van der Waals surface area contributed by atoms with E-state index in [0.717, 1.165) is 11.0 Å². The molecule has 6 heteroatoms. The van der Waals surface area contributed by atoms with E-state index in [-0.39, 0.29) is 19.8 Å². The SMILES string of the molecule is OCCN(CCO)CCO.c1ccc2[nH]cnc2c1. The van der Waals surface area contributed by atoms with Gasteiger partial charge >= 0.3 is 0 Å². The summed E-state index contributed by atoms with van der Waals surface area (Å²) in [5.41, 5.74) is 2.12. The standard InChI is InChI=1S/C7H6N2.C6H15NO3/c1-2-4-7-6(3-1)8-5-9-7;8-4-1-7(2-5-9)3-6-10/h1-5H,(H,8,9);8-10H,1-6H2. The summed E-state index contributed by atoms with van der Waals surface area (Å²) in [7, 11) is 0. The van der Waals surface area contributed by atoms with Crippen LogP contribution in [0.5, 0.6) is 0 Å². The number of imidazole rings is 1. The third kappa shape index (κ3) is 5.80. The van der Waals surface area contributed by atoms with Crippen molar-refractivity contribution in [3.63, 3.8) is 0 Å². The van der Waals surface area contributed by atoms with Crippen LogP contribution in [0.4, 0.5) is 0 Å². The van der Waals surface area contributed by atoms with Crippen molar-refractivity contribution in [2.75, 3.05) is 39.5 Å². The molecule has 0 spiro atoms. The molecule has 19 heavy (non-hydrogen) atoms. The predicted octanol–water partition coefficient (Wildman–Crippen LogP) is -0.172. The lowest BCUT2D eigenvalue weighted by atomic mass is 10.3. The summed E-state index contributed by atoms with van der Waals surface area (Å²) < 4.78 is 0. The number of hydrogen-bond acceptors (Lipinski definition) is 5. The van der Waals surface area contributed by atoms with Crippen LogP contribution in [-0.4, -0.2) is 69.6 Å². The molecule has 0 saturated carbocycles. The molecule has 0 aliphatic carbocycles. The Hall–Kier alpha value is -1.47. The highest BCUT2D eigenvalue weighted by Gasteiger charge is 2.00. The molecular weight excluding hydrogens is 246 g/mol. The monoisotopic (exact) mass is 267 g/mol. The van der Waals surface area contributed by atoms with Gasteiger partial charge in [-0.15, -0.1) is 0 Å². The Morgan fingerprint density at radius 3 is 2.05 bits per heavy atom. The van der Waals surface area contributed by atoms with Crippen LogP contribution in [-0.2, 0) is 0 Å². The summed E-state index contributed by atoms with van der Waals surface area (Å²) in [6, 6.07) is 7.94. The van der Waals surface area contributed by atoms with E-state index in [2.05, 4.69) is 9.97 Å². The molecule has 0 aliphatic heterocycles. The lowest BCUT2D eigenvalue weighted by Crippen LogP contribution is -2.32. The van der Waals surface area contributed by atoms with Gasteiger partial charge in [-0.3, -0.25) is 4.90 Å². The summed E-state index contributed by atoms with van der Waals surface area (Å²) in [5, 5.41) is 25.5. The molecule has 0 bridgehead atoms. The first-order valence-corrected chi connectivity index (χ1v) is 6.25. The molecule has 1 aromatic carbocycles. The molecule has 1 heterocycles. The smallest absolute Gasteiger partial charge is 0.0931 e. The van der Waals surface area contributed by atoms with Crippen LogP contribution in [0.2, 0.25) is 0 Å². The minimum Gasteiger partial charge on any atom is -0.395 e. The Morgan fingerprint density at radius 2 is 1.53 bits per heavy atom. The Balaban J connectivity index is 0.000000190. The van der Waals surface area contributed by atoms with Crippen molar-refractivity contribution in [2.45, 2.75) is 0 Å². The van der Waals surface area contributed by atoms with E-state index in [4.69, 9.17) is 15.3 Å². The normalized spacial score (nSPS) is 10.5. The molecule has 4 N–H and O–H groups in total. The topological polar surface area (TPSA) is 92.6 Å². The Bertz CT molecular complexity index is 403. The lowest BCUT2D eigenvalue weighted by Gasteiger charge is -2.17. The van der Waals surface area contributed by atoms with Crippen molar-refractivity contribution in [2.24, 2.45) is 0 Å². The van der Waals surface area contributed by atoms with Gasteiger partial charge in [-0.2, -0.15) is 0 Å². The van der Waals surface area contributed by atoms with Gasteiger partial charge in [-0.05, 0) is 12.1 Å². The minimum absolute atomic E-state index is 0.0694. The van der Waals surface area contributed by atoms with Crippen molar-refractivity contribution in [1.29, 1.82) is 0 Å². The number of benzene rings is 1. The molecule has 0 amide bonds.